The van der Waals surface area contributed by atoms with Gasteiger partial charge in [0, 0.05) is 17.7 Å². The Hall–Kier alpha value is -4.29. The molecule has 2 heterocycles. The van der Waals surface area contributed by atoms with Gasteiger partial charge in [-0.1, -0.05) is 12.1 Å². The molecule has 0 saturated heterocycles. The van der Waals surface area contributed by atoms with E-state index in [2.05, 4.69) is 19.9 Å². The smallest absolute Gasteiger partial charge is 0.493 e. The lowest BCUT2D eigenvalue weighted by atomic mass is 10.0. The molecule has 172 valence electrons. The van der Waals surface area contributed by atoms with Crippen molar-refractivity contribution in [3.8, 4) is 23.1 Å². The SMILES string of the molecule is O=C(O)CC(NC(=O)c1cc(O)n(-c2ccc(F)cc2F)n1)c1cccc2c1OC(F)(F)O2. The van der Waals surface area contributed by atoms with Crippen LogP contribution in [0.1, 0.15) is 28.5 Å². The number of amides is 1. The van der Waals surface area contributed by atoms with Crippen LogP contribution in [0.25, 0.3) is 5.69 Å². The number of benzene rings is 2. The van der Waals surface area contributed by atoms with Crippen LogP contribution in [0.5, 0.6) is 17.4 Å². The number of aromatic hydroxyl groups is 1. The van der Waals surface area contributed by atoms with Gasteiger partial charge < -0.3 is 25.0 Å². The zero-order chi connectivity index (χ0) is 23.9. The lowest BCUT2D eigenvalue weighted by Crippen LogP contribution is -2.31. The van der Waals surface area contributed by atoms with Crippen molar-refractivity contribution in [3.05, 3.63) is 65.4 Å². The van der Waals surface area contributed by atoms with Gasteiger partial charge in [-0.25, -0.2) is 8.78 Å². The molecule has 0 aliphatic carbocycles. The number of alkyl halides is 2. The van der Waals surface area contributed by atoms with Crippen molar-refractivity contribution in [2.45, 2.75) is 18.8 Å². The molecule has 13 heteroatoms. The molecule has 0 spiro atoms. The highest BCUT2D eigenvalue weighted by Gasteiger charge is 2.45. The molecule has 0 fully saturated rings. The molecule has 4 rings (SSSR count). The maximum atomic E-state index is 14.0. The molecule has 3 N–H and O–H groups in total. The summed E-state index contributed by atoms with van der Waals surface area (Å²) in [5.74, 6) is -5.79. The van der Waals surface area contributed by atoms with Crippen LogP contribution in [0, 0.1) is 11.6 Å². The number of carboxylic acid groups (broad SMARTS) is 1. The van der Waals surface area contributed by atoms with Crippen LogP contribution in [0.2, 0.25) is 0 Å². The molecule has 1 aliphatic heterocycles. The van der Waals surface area contributed by atoms with E-state index >= 15 is 0 Å². The van der Waals surface area contributed by atoms with E-state index in [4.69, 9.17) is 0 Å². The Balaban J connectivity index is 1.64. The zero-order valence-electron chi connectivity index (χ0n) is 16.3. The van der Waals surface area contributed by atoms with Crippen LogP contribution in [0.3, 0.4) is 0 Å². The van der Waals surface area contributed by atoms with Crippen LogP contribution >= 0.6 is 0 Å². The van der Waals surface area contributed by atoms with E-state index in [9.17, 15) is 37.4 Å². The molecule has 0 bridgehead atoms. The molecule has 0 radical (unpaired) electrons. The van der Waals surface area contributed by atoms with E-state index in [1.54, 1.807) is 0 Å². The number of hydrogen-bond donors (Lipinski definition) is 3. The Morgan fingerprint density at radius 1 is 1.15 bits per heavy atom. The molecule has 9 nitrogen and oxygen atoms in total. The number of rotatable bonds is 6. The van der Waals surface area contributed by atoms with E-state index in [1.165, 1.54) is 18.2 Å². The monoisotopic (exact) mass is 467 g/mol. The molecule has 1 amide bonds. The van der Waals surface area contributed by atoms with E-state index in [0.717, 1.165) is 18.2 Å². The van der Waals surface area contributed by atoms with E-state index in [0.29, 0.717) is 10.7 Å². The number of para-hydroxylation sites is 1. The van der Waals surface area contributed by atoms with Crippen LogP contribution in [-0.2, 0) is 4.79 Å². The Morgan fingerprint density at radius 2 is 1.91 bits per heavy atom. The minimum Gasteiger partial charge on any atom is -0.493 e. The van der Waals surface area contributed by atoms with Gasteiger partial charge >= 0.3 is 12.3 Å². The number of fused-ring (bicyclic) bond motifs is 1. The molecule has 2 aromatic carbocycles. The summed E-state index contributed by atoms with van der Waals surface area (Å²) in [5, 5.41) is 25.4. The average molecular weight is 467 g/mol. The van der Waals surface area contributed by atoms with Crippen molar-refractivity contribution in [1.29, 1.82) is 0 Å². The minimum absolute atomic E-state index is 0.103. The third-order valence-electron chi connectivity index (χ3n) is 4.58. The van der Waals surface area contributed by atoms with Gasteiger partial charge in [0.15, 0.2) is 23.0 Å². The first-order valence-corrected chi connectivity index (χ1v) is 9.20. The van der Waals surface area contributed by atoms with Crippen LogP contribution in [0.15, 0.2) is 42.5 Å². The van der Waals surface area contributed by atoms with Crippen LogP contribution in [0.4, 0.5) is 17.6 Å². The minimum atomic E-state index is -3.97. The van der Waals surface area contributed by atoms with Crippen LogP contribution < -0.4 is 14.8 Å². The lowest BCUT2D eigenvalue weighted by molar-refractivity contribution is -0.287. The van der Waals surface area contributed by atoms with Gasteiger partial charge in [0.1, 0.15) is 11.5 Å². The standard InChI is InChI=1S/C20H13F4N3O6/c21-9-4-5-14(11(22)6-9)27-16(28)7-13(26-27)19(31)25-12(8-17(29)30)10-2-1-3-15-18(10)33-20(23,24)32-15/h1-7,12,28H,8H2,(H,25,31)(H,29,30). The van der Waals surface area contributed by atoms with Crippen molar-refractivity contribution in [2.24, 2.45) is 0 Å². The summed E-state index contributed by atoms with van der Waals surface area (Å²) in [7, 11) is 0. The highest BCUT2D eigenvalue weighted by molar-refractivity contribution is 5.93. The zero-order valence-corrected chi connectivity index (χ0v) is 16.3. The highest BCUT2D eigenvalue weighted by atomic mass is 19.3. The van der Waals surface area contributed by atoms with Crippen molar-refractivity contribution in [1.82, 2.24) is 15.1 Å². The summed E-state index contributed by atoms with van der Waals surface area (Å²) in [6, 6.07) is 5.69. The number of halogens is 4. The number of aromatic nitrogens is 2. The van der Waals surface area contributed by atoms with E-state index < -0.39 is 59.6 Å². The summed E-state index contributed by atoms with van der Waals surface area (Å²) in [4.78, 5) is 24.0. The van der Waals surface area contributed by atoms with Gasteiger partial charge in [-0.2, -0.15) is 9.78 Å². The molecule has 33 heavy (non-hydrogen) atoms. The maximum absolute atomic E-state index is 14.0. The van der Waals surface area contributed by atoms with Gasteiger partial charge in [-0.05, 0) is 18.2 Å². The average Bonchev–Trinajstić information content (AvgIpc) is 3.25. The summed E-state index contributed by atoms with van der Waals surface area (Å²) >= 11 is 0. The number of hydrogen-bond acceptors (Lipinski definition) is 6. The van der Waals surface area contributed by atoms with Crippen LogP contribution in [-0.4, -0.2) is 38.2 Å². The molecule has 0 saturated carbocycles. The number of aliphatic carboxylic acids is 1. The Labute approximate surface area is 181 Å². The Bertz CT molecular complexity index is 1260. The number of nitrogens with zero attached hydrogens (tertiary/aromatic N) is 2. The second kappa shape index (κ2) is 8.00. The fraction of sp³-hybridized carbons (Fsp3) is 0.150. The van der Waals surface area contributed by atoms with Gasteiger partial charge in [-0.3, -0.25) is 9.59 Å². The van der Waals surface area contributed by atoms with Gasteiger partial charge in [0.2, 0.25) is 5.88 Å². The normalized spacial score (nSPS) is 14.7. The first-order chi connectivity index (χ1) is 15.5. The Kier molecular flexibility index (Phi) is 5.31. The second-order valence-electron chi connectivity index (χ2n) is 6.86. The predicted octanol–water partition coefficient (Wildman–Crippen LogP) is 3.12. The quantitative estimate of drug-likeness (QED) is 0.476. The topological polar surface area (TPSA) is 123 Å². The van der Waals surface area contributed by atoms with Crippen molar-refractivity contribution >= 4 is 11.9 Å². The molecule has 1 unspecified atom stereocenters. The number of carboxylic acids is 1. The number of ether oxygens (including phenoxy) is 2. The molecular formula is C20H13F4N3O6. The fourth-order valence-electron chi connectivity index (χ4n) is 3.22. The number of nitrogens with one attached hydrogen (secondary N) is 1. The summed E-state index contributed by atoms with van der Waals surface area (Å²) in [6.07, 6.45) is -4.70. The molecule has 1 aromatic heterocycles. The van der Waals surface area contributed by atoms with Crippen molar-refractivity contribution < 1.29 is 46.8 Å². The molecular weight excluding hydrogens is 454 g/mol. The maximum Gasteiger partial charge on any atom is 0.586 e. The summed E-state index contributed by atoms with van der Waals surface area (Å²) < 4.78 is 63.6. The highest BCUT2D eigenvalue weighted by Crippen LogP contribution is 2.45. The predicted molar refractivity (Wildman–Crippen MR) is 100 cm³/mol. The number of carbonyl (C=O) groups excluding carboxylic acids is 1. The first kappa shape index (κ1) is 21.9. The van der Waals surface area contributed by atoms with Crippen molar-refractivity contribution in [3.63, 3.8) is 0 Å². The molecule has 1 aliphatic rings. The lowest BCUT2D eigenvalue weighted by Gasteiger charge is -2.18. The summed E-state index contributed by atoms with van der Waals surface area (Å²) in [6.45, 7) is 0. The summed E-state index contributed by atoms with van der Waals surface area (Å²) in [5.41, 5.74) is -0.918. The third-order valence-corrected chi connectivity index (χ3v) is 4.58. The van der Waals surface area contributed by atoms with Gasteiger partial charge in [-0.15, -0.1) is 8.78 Å². The largest absolute Gasteiger partial charge is 0.586 e. The molecule has 1 atom stereocenters. The van der Waals surface area contributed by atoms with Gasteiger partial charge in [0.05, 0.1) is 12.5 Å². The first-order valence-electron chi connectivity index (χ1n) is 9.20. The second-order valence-corrected chi connectivity index (χ2v) is 6.86. The van der Waals surface area contributed by atoms with E-state index in [1.807, 2.05) is 0 Å². The third kappa shape index (κ3) is 4.37. The van der Waals surface area contributed by atoms with E-state index in [-0.39, 0.29) is 17.0 Å². The fourth-order valence-corrected chi connectivity index (χ4v) is 3.22. The Morgan fingerprint density at radius 3 is 2.61 bits per heavy atom. The van der Waals surface area contributed by atoms with Gasteiger partial charge in [0.25, 0.3) is 5.91 Å². The van der Waals surface area contributed by atoms with Crippen molar-refractivity contribution in [2.75, 3.05) is 0 Å². The number of carbonyl (C=O) groups is 2. The molecule has 3 aromatic rings.